The van der Waals surface area contributed by atoms with E-state index < -0.39 is 0 Å². The van der Waals surface area contributed by atoms with E-state index in [0.29, 0.717) is 15.6 Å². The largest absolute Gasteiger partial charge is 0.355 e. The highest BCUT2D eigenvalue weighted by atomic mass is 32.2. The molecule has 0 saturated heterocycles. The Balaban J connectivity index is 1.89. The minimum absolute atomic E-state index is 0.0398. The van der Waals surface area contributed by atoms with Gasteiger partial charge in [0.2, 0.25) is 5.91 Å². The summed E-state index contributed by atoms with van der Waals surface area (Å²) in [6, 6.07) is 9.78. The number of nitrogens with one attached hydrogen (secondary N) is 1. The van der Waals surface area contributed by atoms with Gasteiger partial charge in [0, 0.05) is 6.54 Å². The summed E-state index contributed by atoms with van der Waals surface area (Å²) in [5.41, 5.74) is 0.942. The van der Waals surface area contributed by atoms with Gasteiger partial charge in [-0.2, -0.15) is 0 Å². The third-order valence-corrected chi connectivity index (χ3v) is 5.27. The molecule has 118 valence electrons. The minimum Gasteiger partial charge on any atom is -0.355 e. The molecule has 22 heavy (non-hydrogen) atoms. The highest BCUT2D eigenvalue weighted by Crippen LogP contribution is 2.23. The van der Waals surface area contributed by atoms with Crippen molar-refractivity contribution in [1.82, 2.24) is 15.1 Å². The Kier molecular flexibility index (Phi) is 6.60. The molecule has 1 aromatic carbocycles. The first-order valence-electron chi connectivity index (χ1n) is 7.11. The highest BCUT2D eigenvalue weighted by molar-refractivity contribution is 8.01. The maximum atomic E-state index is 11.8. The number of aromatic nitrogens is 2. The first-order valence-corrected chi connectivity index (χ1v) is 9.32. The van der Waals surface area contributed by atoms with Crippen LogP contribution in [0.15, 0.2) is 34.7 Å². The number of hydrogen-bond acceptors (Lipinski definition) is 5. The van der Waals surface area contributed by atoms with Gasteiger partial charge in [0.25, 0.3) is 0 Å². The first-order chi connectivity index (χ1) is 10.6. The summed E-state index contributed by atoms with van der Waals surface area (Å²) in [6.07, 6.45) is 0.998. The molecule has 0 bridgehead atoms. The number of nitrogens with zero attached hydrogens (tertiary/aromatic N) is 2. The van der Waals surface area contributed by atoms with E-state index in [2.05, 4.69) is 24.3 Å². The normalized spacial score (nSPS) is 10.9. The van der Waals surface area contributed by atoms with Crippen LogP contribution in [0.1, 0.15) is 20.3 Å². The van der Waals surface area contributed by atoms with Gasteiger partial charge in [-0.1, -0.05) is 55.1 Å². The molecule has 0 aliphatic rings. The monoisotopic (exact) mass is 353 g/mol. The van der Waals surface area contributed by atoms with Crippen LogP contribution in [-0.4, -0.2) is 28.0 Å². The predicted octanol–water partition coefficient (Wildman–Crippen LogP) is 3.92. The van der Waals surface area contributed by atoms with E-state index in [-0.39, 0.29) is 5.91 Å². The Morgan fingerprint density at radius 2 is 2.14 bits per heavy atom. The lowest BCUT2D eigenvalue weighted by atomic mass is 10.1. The topological polar surface area (TPSA) is 46.9 Å². The zero-order valence-electron chi connectivity index (χ0n) is 12.6. The lowest BCUT2D eigenvalue weighted by Crippen LogP contribution is -2.26. The van der Waals surface area contributed by atoms with Gasteiger partial charge in [0.05, 0.1) is 11.4 Å². The van der Waals surface area contributed by atoms with Crippen LogP contribution < -0.4 is 5.32 Å². The van der Waals surface area contributed by atoms with E-state index in [4.69, 9.17) is 12.2 Å². The van der Waals surface area contributed by atoms with Gasteiger partial charge >= 0.3 is 0 Å². The number of thioether (sulfide) groups is 1. The molecule has 0 atom stereocenters. The van der Waals surface area contributed by atoms with Gasteiger partial charge in [0.1, 0.15) is 0 Å². The number of rotatable bonds is 7. The van der Waals surface area contributed by atoms with Crippen LogP contribution in [0.3, 0.4) is 0 Å². The van der Waals surface area contributed by atoms with Crippen molar-refractivity contribution in [2.75, 3.05) is 12.3 Å². The fourth-order valence-electron chi connectivity index (χ4n) is 1.73. The highest BCUT2D eigenvalue weighted by Gasteiger charge is 2.09. The number of carbonyl (C=O) groups is 1. The SMILES string of the molecule is CC(C)CCNC(=O)CSc1nn(-c2ccccc2)c(=S)s1. The summed E-state index contributed by atoms with van der Waals surface area (Å²) >= 11 is 8.19. The zero-order valence-corrected chi connectivity index (χ0v) is 15.1. The summed E-state index contributed by atoms with van der Waals surface area (Å²) in [5.74, 6) is 1.01. The Bertz CT molecular complexity index is 664. The Labute approximate surface area is 143 Å². The average molecular weight is 354 g/mol. The molecule has 7 heteroatoms. The van der Waals surface area contributed by atoms with Gasteiger partial charge in [-0.3, -0.25) is 4.79 Å². The summed E-state index contributed by atoms with van der Waals surface area (Å²) < 4.78 is 3.24. The van der Waals surface area contributed by atoms with Crippen LogP contribution in [0.5, 0.6) is 0 Å². The number of benzene rings is 1. The smallest absolute Gasteiger partial charge is 0.230 e. The molecule has 1 amide bonds. The van der Waals surface area contributed by atoms with E-state index in [1.54, 1.807) is 4.68 Å². The molecule has 0 fully saturated rings. The molecule has 1 N–H and O–H groups in total. The second-order valence-corrected chi connectivity index (χ2v) is 8.05. The summed E-state index contributed by atoms with van der Waals surface area (Å²) in [7, 11) is 0. The molecule has 0 radical (unpaired) electrons. The van der Waals surface area contributed by atoms with Crippen molar-refractivity contribution >= 4 is 41.2 Å². The third-order valence-electron chi connectivity index (χ3n) is 2.90. The van der Waals surface area contributed by atoms with E-state index >= 15 is 0 Å². The van der Waals surface area contributed by atoms with Crippen LogP contribution in [0.2, 0.25) is 0 Å². The Morgan fingerprint density at radius 1 is 1.41 bits per heavy atom. The van der Waals surface area contributed by atoms with Crippen LogP contribution in [0.25, 0.3) is 5.69 Å². The maximum Gasteiger partial charge on any atom is 0.230 e. The third kappa shape index (κ3) is 5.23. The predicted molar refractivity (Wildman–Crippen MR) is 95.5 cm³/mol. The van der Waals surface area contributed by atoms with Crippen molar-refractivity contribution in [2.24, 2.45) is 5.92 Å². The van der Waals surface area contributed by atoms with E-state index in [1.165, 1.54) is 23.1 Å². The van der Waals surface area contributed by atoms with Crippen LogP contribution in [-0.2, 0) is 4.79 Å². The molecule has 0 spiro atoms. The minimum atomic E-state index is 0.0398. The number of hydrogen-bond donors (Lipinski definition) is 1. The average Bonchev–Trinajstić information content (AvgIpc) is 2.87. The second kappa shape index (κ2) is 8.45. The van der Waals surface area contributed by atoms with Gasteiger partial charge in [0.15, 0.2) is 8.29 Å². The van der Waals surface area contributed by atoms with Crippen molar-refractivity contribution in [2.45, 2.75) is 24.6 Å². The first kappa shape index (κ1) is 17.2. The lowest BCUT2D eigenvalue weighted by molar-refractivity contribution is -0.118. The molecular weight excluding hydrogens is 334 g/mol. The standard InChI is InChI=1S/C15H19N3OS3/c1-11(2)8-9-16-13(19)10-21-14-17-18(15(20)22-14)12-6-4-3-5-7-12/h3-7,11H,8-10H2,1-2H3,(H,16,19). The fraction of sp³-hybridized carbons (Fsp3) is 0.400. The van der Waals surface area contributed by atoms with Gasteiger partial charge in [-0.15, -0.1) is 5.10 Å². The molecule has 0 aliphatic heterocycles. The van der Waals surface area contributed by atoms with E-state index in [0.717, 1.165) is 23.0 Å². The maximum absolute atomic E-state index is 11.8. The van der Waals surface area contributed by atoms with Crippen LogP contribution >= 0.6 is 35.3 Å². The van der Waals surface area contributed by atoms with Gasteiger partial charge in [-0.25, -0.2) is 4.68 Å². The van der Waals surface area contributed by atoms with Crippen molar-refractivity contribution in [1.29, 1.82) is 0 Å². The molecule has 2 aromatic rings. The van der Waals surface area contributed by atoms with Crippen molar-refractivity contribution < 1.29 is 4.79 Å². The molecule has 0 saturated carbocycles. The fourth-order valence-corrected chi connectivity index (χ4v) is 3.92. The molecule has 1 aromatic heterocycles. The summed E-state index contributed by atoms with van der Waals surface area (Å²) in [5, 5.41) is 7.40. The Hall–Kier alpha value is -1.18. The molecule has 1 heterocycles. The molecule has 0 unspecified atom stereocenters. The van der Waals surface area contributed by atoms with Crippen LogP contribution in [0.4, 0.5) is 0 Å². The summed E-state index contributed by atoms with van der Waals surface area (Å²) in [6.45, 7) is 5.01. The lowest BCUT2D eigenvalue weighted by Gasteiger charge is -2.06. The van der Waals surface area contributed by atoms with E-state index in [1.807, 2.05) is 30.3 Å². The molecule has 0 aliphatic carbocycles. The second-order valence-electron chi connectivity index (χ2n) is 5.20. The van der Waals surface area contributed by atoms with Crippen molar-refractivity contribution in [3.8, 4) is 5.69 Å². The molecule has 2 rings (SSSR count). The van der Waals surface area contributed by atoms with Crippen LogP contribution in [0, 0.1) is 9.87 Å². The zero-order chi connectivity index (χ0) is 15.9. The number of carbonyl (C=O) groups excluding carboxylic acids is 1. The molecule has 4 nitrogen and oxygen atoms in total. The van der Waals surface area contributed by atoms with Gasteiger partial charge < -0.3 is 5.32 Å². The Morgan fingerprint density at radius 3 is 2.82 bits per heavy atom. The molecular formula is C15H19N3OS3. The quantitative estimate of drug-likeness (QED) is 0.605. The van der Waals surface area contributed by atoms with Crippen molar-refractivity contribution in [3.05, 3.63) is 34.3 Å². The summed E-state index contributed by atoms with van der Waals surface area (Å²) in [4.78, 5) is 11.8. The van der Waals surface area contributed by atoms with E-state index in [9.17, 15) is 4.79 Å². The number of amides is 1. The number of para-hydroxylation sites is 1. The van der Waals surface area contributed by atoms with Gasteiger partial charge in [-0.05, 0) is 36.7 Å². The van der Waals surface area contributed by atoms with Crippen molar-refractivity contribution in [3.63, 3.8) is 0 Å².